The molecule has 0 spiro atoms. The van der Waals surface area contributed by atoms with E-state index >= 15 is 0 Å². The van der Waals surface area contributed by atoms with Crippen LogP contribution in [0.1, 0.15) is 25.7 Å². The second-order valence-corrected chi connectivity index (χ2v) is 4.53. The molecule has 0 aliphatic carbocycles. The van der Waals surface area contributed by atoms with Gasteiger partial charge in [0.05, 0.1) is 5.25 Å². The van der Waals surface area contributed by atoms with Crippen LogP contribution in [-0.4, -0.2) is 23.5 Å². The monoisotopic (exact) mass is 199 g/mol. The van der Waals surface area contributed by atoms with Gasteiger partial charge in [-0.1, -0.05) is 12.5 Å². The number of hydrogen-bond acceptors (Lipinski definition) is 2. The molecule has 1 heterocycles. The number of nitrogens with one attached hydrogen (secondary N) is 1. The lowest BCUT2D eigenvalue weighted by atomic mass is 10.2. The third-order valence-corrected chi connectivity index (χ3v) is 3.50. The molecule has 0 aromatic heterocycles. The number of rotatable bonds is 4. The van der Waals surface area contributed by atoms with E-state index in [4.69, 9.17) is 0 Å². The fraction of sp³-hybridized carbons (Fsp3) is 0.700. The van der Waals surface area contributed by atoms with Crippen LogP contribution in [0.15, 0.2) is 12.7 Å². The summed E-state index contributed by atoms with van der Waals surface area (Å²) in [4.78, 5) is 11.5. The molecule has 1 aliphatic heterocycles. The molecule has 1 aliphatic rings. The van der Waals surface area contributed by atoms with E-state index < -0.39 is 0 Å². The summed E-state index contributed by atoms with van der Waals surface area (Å²) < 4.78 is 0. The summed E-state index contributed by atoms with van der Waals surface area (Å²) in [6.07, 6.45) is 6.20. The van der Waals surface area contributed by atoms with Gasteiger partial charge in [-0.05, 0) is 25.0 Å². The van der Waals surface area contributed by atoms with Crippen LogP contribution in [-0.2, 0) is 4.79 Å². The Balaban J connectivity index is 2.17. The Kier molecular flexibility index (Phi) is 4.98. The van der Waals surface area contributed by atoms with E-state index in [1.54, 1.807) is 11.8 Å². The van der Waals surface area contributed by atoms with Gasteiger partial charge in [-0.3, -0.25) is 4.79 Å². The third-order valence-electron chi connectivity index (χ3n) is 2.12. The molecule has 0 saturated carbocycles. The van der Waals surface area contributed by atoms with Crippen molar-refractivity contribution >= 4 is 17.7 Å². The summed E-state index contributed by atoms with van der Waals surface area (Å²) in [5.74, 6) is 1.35. The molecule has 3 heteroatoms. The highest BCUT2D eigenvalue weighted by atomic mass is 32.2. The van der Waals surface area contributed by atoms with Gasteiger partial charge in [0, 0.05) is 6.54 Å². The lowest BCUT2D eigenvalue weighted by Crippen LogP contribution is -2.34. The first-order valence-corrected chi connectivity index (χ1v) is 5.89. The lowest BCUT2D eigenvalue weighted by molar-refractivity contribution is -0.120. The fourth-order valence-electron chi connectivity index (χ4n) is 1.36. The molecule has 1 fully saturated rings. The molecule has 0 aromatic carbocycles. The van der Waals surface area contributed by atoms with Crippen LogP contribution in [0, 0.1) is 0 Å². The van der Waals surface area contributed by atoms with Crippen molar-refractivity contribution in [3.05, 3.63) is 12.7 Å². The highest BCUT2D eigenvalue weighted by Gasteiger charge is 2.20. The van der Waals surface area contributed by atoms with E-state index in [1.807, 2.05) is 6.08 Å². The maximum atomic E-state index is 11.5. The second kappa shape index (κ2) is 6.08. The molecule has 1 atom stereocenters. The first kappa shape index (κ1) is 10.6. The zero-order chi connectivity index (χ0) is 9.52. The van der Waals surface area contributed by atoms with Crippen molar-refractivity contribution in [2.75, 3.05) is 12.3 Å². The molecule has 1 N–H and O–H groups in total. The van der Waals surface area contributed by atoms with Gasteiger partial charge in [0.1, 0.15) is 0 Å². The average Bonchev–Trinajstić information content (AvgIpc) is 2.19. The smallest absolute Gasteiger partial charge is 0.233 e. The maximum Gasteiger partial charge on any atom is 0.233 e. The minimum absolute atomic E-state index is 0.207. The molecule has 74 valence electrons. The summed E-state index contributed by atoms with van der Waals surface area (Å²) in [5, 5.41) is 3.13. The van der Waals surface area contributed by atoms with Crippen LogP contribution in [0.3, 0.4) is 0 Å². The Labute approximate surface area is 84.2 Å². The predicted octanol–water partition coefficient (Wildman–Crippen LogP) is 1.96. The molecule has 13 heavy (non-hydrogen) atoms. The van der Waals surface area contributed by atoms with E-state index in [-0.39, 0.29) is 11.2 Å². The minimum Gasteiger partial charge on any atom is -0.355 e. The summed E-state index contributed by atoms with van der Waals surface area (Å²) in [6, 6.07) is 0. The first-order chi connectivity index (χ1) is 6.34. The van der Waals surface area contributed by atoms with Gasteiger partial charge in [0.2, 0.25) is 5.91 Å². The van der Waals surface area contributed by atoms with Crippen LogP contribution >= 0.6 is 11.8 Å². The molecule has 0 radical (unpaired) electrons. The zero-order valence-electron chi connectivity index (χ0n) is 7.92. The Hall–Kier alpha value is -0.440. The van der Waals surface area contributed by atoms with Gasteiger partial charge in [-0.25, -0.2) is 0 Å². The van der Waals surface area contributed by atoms with Crippen LogP contribution in [0.5, 0.6) is 0 Å². The molecule has 1 rings (SSSR count). The standard InChI is InChI=1S/C10H17NOS/c1-2-3-7-11-10(12)9-6-4-5-8-13-9/h2,9H,1,3-8H2,(H,11,12). The highest BCUT2D eigenvalue weighted by Crippen LogP contribution is 2.24. The van der Waals surface area contributed by atoms with Crippen molar-refractivity contribution < 1.29 is 4.79 Å². The fourth-order valence-corrected chi connectivity index (χ4v) is 2.58. The molecular formula is C10H17NOS. The molecular weight excluding hydrogens is 182 g/mol. The Morgan fingerprint density at radius 3 is 3.08 bits per heavy atom. The SMILES string of the molecule is C=CCCNC(=O)C1CCCCS1. The molecule has 2 nitrogen and oxygen atoms in total. The summed E-state index contributed by atoms with van der Waals surface area (Å²) >= 11 is 1.79. The molecule has 0 bridgehead atoms. The van der Waals surface area contributed by atoms with Crippen molar-refractivity contribution in [3.8, 4) is 0 Å². The average molecular weight is 199 g/mol. The van der Waals surface area contributed by atoms with Crippen LogP contribution < -0.4 is 5.32 Å². The normalized spacial score (nSPS) is 22.3. The molecule has 1 unspecified atom stereocenters. The van der Waals surface area contributed by atoms with E-state index in [1.165, 1.54) is 12.8 Å². The van der Waals surface area contributed by atoms with Crippen molar-refractivity contribution in [2.24, 2.45) is 0 Å². The number of hydrogen-bond donors (Lipinski definition) is 1. The molecule has 1 saturated heterocycles. The van der Waals surface area contributed by atoms with Gasteiger partial charge in [0.15, 0.2) is 0 Å². The molecule has 1 amide bonds. The van der Waals surface area contributed by atoms with Gasteiger partial charge in [-0.15, -0.1) is 18.3 Å². The van der Waals surface area contributed by atoms with Crippen molar-refractivity contribution in [2.45, 2.75) is 30.9 Å². The Morgan fingerprint density at radius 1 is 1.62 bits per heavy atom. The lowest BCUT2D eigenvalue weighted by Gasteiger charge is -2.20. The summed E-state index contributed by atoms with van der Waals surface area (Å²) in [7, 11) is 0. The van der Waals surface area contributed by atoms with Crippen molar-refractivity contribution in [3.63, 3.8) is 0 Å². The van der Waals surface area contributed by atoms with E-state index in [0.29, 0.717) is 0 Å². The Bertz CT molecular complexity index is 176. The second-order valence-electron chi connectivity index (χ2n) is 3.22. The number of thioether (sulfide) groups is 1. The van der Waals surface area contributed by atoms with Gasteiger partial charge < -0.3 is 5.32 Å². The molecule has 0 aromatic rings. The summed E-state index contributed by atoms with van der Waals surface area (Å²) in [5.41, 5.74) is 0. The number of amides is 1. The first-order valence-electron chi connectivity index (χ1n) is 4.85. The van der Waals surface area contributed by atoms with Crippen molar-refractivity contribution in [1.82, 2.24) is 5.32 Å². The van der Waals surface area contributed by atoms with E-state index in [2.05, 4.69) is 11.9 Å². The van der Waals surface area contributed by atoms with Crippen molar-refractivity contribution in [1.29, 1.82) is 0 Å². The summed E-state index contributed by atoms with van der Waals surface area (Å²) in [6.45, 7) is 4.35. The minimum atomic E-state index is 0.207. The highest BCUT2D eigenvalue weighted by molar-refractivity contribution is 8.00. The van der Waals surface area contributed by atoms with Crippen LogP contribution in [0.25, 0.3) is 0 Å². The Morgan fingerprint density at radius 2 is 2.46 bits per heavy atom. The van der Waals surface area contributed by atoms with Gasteiger partial charge >= 0.3 is 0 Å². The van der Waals surface area contributed by atoms with E-state index in [9.17, 15) is 4.79 Å². The zero-order valence-corrected chi connectivity index (χ0v) is 8.74. The predicted molar refractivity (Wildman–Crippen MR) is 57.9 cm³/mol. The van der Waals surface area contributed by atoms with Gasteiger partial charge in [0.25, 0.3) is 0 Å². The number of carbonyl (C=O) groups excluding carboxylic acids is 1. The quantitative estimate of drug-likeness (QED) is 0.554. The van der Waals surface area contributed by atoms with E-state index in [0.717, 1.165) is 25.1 Å². The topological polar surface area (TPSA) is 29.1 Å². The maximum absolute atomic E-state index is 11.5. The third kappa shape index (κ3) is 3.85. The number of carbonyl (C=O) groups is 1. The largest absolute Gasteiger partial charge is 0.355 e. The van der Waals surface area contributed by atoms with Crippen LogP contribution in [0.4, 0.5) is 0 Å². The van der Waals surface area contributed by atoms with Gasteiger partial charge in [-0.2, -0.15) is 0 Å². The van der Waals surface area contributed by atoms with Crippen LogP contribution in [0.2, 0.25) is 0 Å².